The molecule has 0 bridgehead atoms. The highest BCUT2D eigenvalue weighted by molar-refractivity contribution is 5.53. The van der Waals surface area contributed by atoms with E-state index >= 15 is 0 Å². The number of aromatic nitrogens is 3. The Balaban J connectivity index is 2.33. The minimum atomic E-state index is -0.446. The van der Waals surface area contributed by atoms with Gasteiger partial charge in [-0.2, -0.15) is 5.10 Å². The lowest BCUT2D eigenvalue weighted by Gasteiger charge is -1.99. The summed E-state index contributed by atoms with van der Waals surface area (Å²) in [5.74, 6) is 0.403. The number of hydrogen-bond acceptors (Lipinski definition) is 5. The summed E-state index contributed by atoms with van der Waals surface area (Å²) in [5.41, 5.74) is 1.10. The van der Waals surface area contributed by atoms with Gasteiger partial charge in [0.2, 0.25) is 6.54 Å². The Morgan fingerprint density at radius 1 is 1.25 bits per heavy atom. The van der Waals surface area contributed by atoms with E-state index in [1.807, 2.05) is 30.3 Å². The zero-order valence-electron chi connectivity index (χ0n) is 8.28. The van der Waals surface area contributed by atoms with E-state index in [2.05, 4.69) is 15.2 Å². The number of benzene rings is 1. The van der Waals surface area contributed by atoms with Crippen molar-refractivity contribution < 1.29 is 4.92 Å². The van der Waals surface area contributed by atoms with E-state index in [4.69, 9.17) is 0 Å². The van der Waals surface area contributed by atoms with Crippen LogP contribution >= 0.6 is 0 Å². The molecule has 1 aromatic carbocycles. The molecule has 0 aliphatic rings. The Morgan fingerprint density at radius 3 is 2.69 bits per heavy atom. The molecule has 2 aromatic rings. The average Bonchev–Trinajstić information content (AvgIpc) is 2.30. The summed E-state index contributed by atoms with van der Waals surface area (Å²) in [6.45, 7) is -0.338. The molecule has 0 saturated heterocycles. The molecule has 0 unspecified atom stereocenters. The molecule has 16 heavy (non-hydrogen) atoms. The highest BCUT2D eigenvalue weighted by atomic mass is 16.6. The van der Waals surface area contributed by atoms with Crippen LogP contribution in [-0.2, 0) is 6.54 Å². The van der Waals surface area contributed by atoms with Gasteiger partial charge >= 0.3 is 0 Å². The molecule has 0 radical (unpaired) electrons. The molecular formula is C10H8N4O2. The Hall–Kier alpha value is -2.37. The van der Waals surface area contributed by atoms with Crippen molar-refractivity contribution >= 4 is 0 Å². The molecule has 0 aliphatic carbocycles. The van der Waals surface area contributed by atoms with E-state index in [0.29, 0.717) is 11.5 Å². The van der Waals surface area contributed by atoms with Gasteiger partial charge in [0, 0.05) is 10.5 Å². The first-order valence-electron chi connectivity index (χ1n) is 4.61. The van der Waals surface area contributed by atoms with Crippen LogP contribution in [0.2, 0.25) is 0 Å². The van der Waals surface area contributed by atoms with Gasteiger partial charge in [0.15, 0.2) is 5.82 Å². The van der Waals surface area contributed by atoms with Gasteiger partial charge in [0.1, 0.15) is 5.69 Å². The van der Waals surface area contributed by atoms with Gasteiger partial charge in [0.25, 0.3) is 0 Å². The summed E-state index contributed by atoms with van der Waals surface area (Å²) in [5, 5.41) is 17.9. The summed E-state index contributed by atoms with van der Waals surface area (Å²) in [6, 6.07) is 9.22. The second-order valence-electron chi connectivity index (χ2n) is 3.13. The fourth-order valence-electron chi connectivity index (χ4n) is 1.26. The molecule has 1 aromatic heterocycles. The average molecular weight is 216 g/mol. The van der Waals surface area contributed by atoms with E-state index in [1.54, 1.807) is 0 Å². The lowest BCUT2D eigenvalue weighted by atomic mass is 10.2. The molecule has 2 rings (SSSR count). The van der Waals surface area contributed by atoms with Crippen molar-refractivity contribution in [1.29, 1.82) is 0 Å². The summed E-state index contributed by atoms with van der Waals surface area (Å²) >= 11 is 0. The second-order valence-corrected chi connectivity index (χ2v) is 3.13. The zero-order valence-corrected chi connectivity index (χ0v) is 8.28. The third-order valence-electron chi connectivity index (χ3n) is 1.93. The predicted octanol–water partition coefficient (Wildman–Crippen LogP) is 1.32. The quantitative estimate of drug-likeness (QED) is 0.570. The Morgan fingerprint density at radius 2 is 2.00 bits per heavy atom. The van der Waals surface area contributed by atoms with Crippen molar-refractivity contribution in [3.8, 4) is 11.4 Å². The number of rotatable bonds is 3. The van der Waals surface area contributed by atoms with E-state index in [-0.39, 0.29) is 6.54 Å². The molecule has 0 spiro atoms. The number of nitrogens with zero attached hydrogens (tertiary/aromatic N) is 4. The van der Waals surface area contributed by atoms with E-state index in [0.717, 1.165) is 5.56 Å². The lowest BCUT2D eigenvalue weighted by Crippen LogP contribution is -2.04. The van der Waals surface area contributed by atoms with Gasteiger partial charge in [0.05, 0.1) is 6.20 Å². The summed E-state index contributed by atoms with van der Waals surface area (Å²) in [4.78, 5) is 14.0. The minimum Gasteiger partial charge on any atom is -0.264 e. The maximum absolute atomic E-state index is 10.3. The van der Waals surface area contributed by atoms with Crippen molar-refractivity contribution in [1.82, 2.24) is 15.2 Å². The molecule has 1 heterocycles. The van der Waals surface area contributed by atoms with Crippen LogP contribution in [0.1, 0.15) is 5.69 Å². The molecule has 0 saturated carbocycles. The smallest absolute Gasteiger partial charge is 0.247 e. The van der Waals surface area contributed by atoms with Gasteiger partial charge in [-0.3, -0.25) is 10.1 Å². The maximum atomic E-state index is 10.3. The van der Waals surface area contributed by atoms with Crippen LogP contribution < -0.4 is 0 Å². The van der Waals surface area contributed by atoms with Crippen molar-refractivity contribution in [3.05, 3.63) is 52.3 Å². The zero-order chi connectivity index (χ0) is 11.4. The van der Waals surface area contributed by atoms with Crippen LogP contribution in [0.15, 0.2) is 36.5 Å². The van der Waals surface area contributed by atoms with Crippen LogP contribution in [0.4, 0.5) is 0 Å². The van der Waals surface area contributed by atoms with Crippen LogP contribution in [0.5, 0.6) is 0 Å². The van der Waals surface area contributed by atoms with Gasteiger partial charge in [-0.25, -0.2) is 4.98 Å². The van der Waals surface area contributed by atoms with Gasteiger partial charge in [-0.15, -0.1) is 5.10 Å². The maximum Gasteiger partial charge on any atom is 0.247 e. The third kappa shape index (κ3) is 2.35. The van der Waals surface area contributed by atoms with Gasteiger partial charge < -0.3 is 0 Å². The van der Waals surface area contributed by atoms with Crippen molar-refractivity contribution in [2.45, 2.75) is 6.54 Å². The van der Waals surface area contributed by atoms with Crippen molar-refractivity contribution in [2.75, 3.05) is 0 Å². The lowest BCUT2D eigenvalue weighted by molar-refractivity contribution is -0.497. The monoisotopic (exact) mass is 216 g/mol. The van der Waals surface area contributed by atoms with Crippen molar-refractivity contribution in [3.63, 3.8) is 0 Å². The van der Waals surface area contributed by atoms with E-state index < -0.39 is 4.92 Å². The highest BCUT2D eigenvalue weighted by Crippen LogP contribution is 2.12. The first-order chi connectivity index (χ1) is 7.75. The van der Waals surface area contributed by atoms with Crippen molar-refractivity contribution in [2.24, 2.45) is 0 Å². The SMILES string of the molecule is O=[N+]([O-])Cc1cnnc(-c2ccccc2)n1. The van der Waals surface area contributed by atoms with E-state index in [9.17, 15) is 10.1 Å². The summed E-state index contributed by atoms with van der Waals surface area (Å²) < 4.78 is 0. The van der Waals surface area contributed by atoms with Crippen LogP contribution in [0, 0.1) is 10.1 Å². The highest BCUT2D eigenvalue weighted by Gasteiger charge is 2.07. The van der Waals surface area contributed by atoms with Crippen LogP contribution in [-0.4, -0.2) is 20.1 Å². The van der Waals surface area contributed by atoms with E-state index in [1.165, 1.54) is 6.20 Å². The van der Waals surface area contributed by atoms with Crippen LogP contribution in [0.3, 0.4) is 0 Å². The second kappa shape index (κ2) is 4.43. The summed E-state index contributed by atoms with van der Waals surface area (Å²) in [6.07, 6.45) is 1.30. The Labute approximate surface area is 91.1 Å². The Kier molecular flexibility index (Phi) is 2.81. The topological polar surface area (TPSA) is 81.8 Å². The third-order valence-corrected chi connectivity index (χ3v) is 1.93. The standard InChI is InChI=1S/C10H8N4O2/c15-14(16)7-9-6-11-13-10(12-9)8-4-2-1-3-5-8/h1-6H,7H2. The molecule has 0 N–H and O–H groups in total. The molecule has 0 aliphatic heterocycles. The molecule has 80 valence electrons. The molecule has 0 fully saturated rings. The molecule has 6 nitrogen and oxygen atoms in total. The molecule has 6 heteroatoms. The predicted molar refractivity (Wildman–Crippen MR) is 56.0 cm³/mol. The van der Waals surface area contributed by atoms with Gasteiger partial charge in [-0.1, -0.05) is 30.3 Å². The first-order valence-corrected chi connectivity index (χ1v) is 4.61. The number of nitro groups is 1. The largest absolute Gasteiger partial charge is 0.264 e. The van der Waals surface area contributed by atoms with Gasteiger partial charge in [-0.05, 0) is 0 Å². The molecular weight excluding hydrogens is 208 g/mol. The molecule has 0 atom stereocenters. The fourth-order valence-corrected chi connectivity index (χ4v) is 1.26. The van der Waals surface area contributed by atoms with Crippen LogP contribution in [0.25, 0.3) is 11.4 Å². The normalized spacial score (nSPS) is 10.0. The fraction of sp³-hybridized carbons (Fsp3) is 0.100. The first kappa shape index (κ1) is 10.2. The molecule has 0 amide bonds. The minimum absolute atomic E-state index is 0.304. The Bertz CT molecular complexity index is 501. The summed E-state index contributed by atoms with van der Waals surface area (Å²) in [7, 11) is 0. The number of hydrogen-bond donors (Lipinski definition) is 0.